The zero-order valence-corrected chi connectivity index (χ0v) is 17.1. The first-order chi connectivity index (χ1) is 12.2. The lowest BCUT2D eigenvalue weighted by Gasteiger charge is -2.26. The lowest BCUT2D eigenvalue weighted by atomic mass is 9.81. The zero-order chi connectivity index (χ0) is 19.2. The molecule has 0 spiro atoms. The van der Waals surface area contributed by atoms with Gasteiger partial charge >= 0.3 is 0 Å². The van der Waals surface area contributed by atoms with Crippen LogP contribution in [-0.4, -0.2) is 12.9 Å². The van der Waals surface area contributed by atoms with Crippen LogP contribution >= 0.6 is 0 Å². The highest BCUT2D eigenvalue weighted by Crippen LogP contribution is 2.47. The first-order valence-corrected chi connectivity index (χ1v) is 9.54. The van der Waals surface area contributed by atoms with Gasteiger partial charge in [-0.05, 0) is 49.3 Å². The monoisotopic (exact) mass is 350 g/mol. The van der Waals surface area contributed by atoms with Crippen LogP contribution in [0.15, 0.2) is 24.3 Å². The van der Waals surface area contributed by atoms with Crippen LogP contribution in [0.3, 0.4) is 0 Å². The average Bonchev–Trinajstić information content (AvgIpc) is 2.87. The molecule has 0 amide bonds. The Balaban J connectivity index is 2.40. The van der Waals surface area contributed by atoms with E-state index in [2.05, 4.69) is 65.8 Å². The standard InChI is InChI=1S/C24H30O2/c1-8-16-12-18-19(22(16)25)13-20(24(4,5)6)23(26-7)21(18)17-10-14(2)9-15(3)11-17/h9-11,13,16H,8,12H2,1-7H3. The summed E-state index contributed by atoms with van der Waals surface area (Å²) < 4.78 is 5.96. The number of ether oxygens (including phenoxy) is 1. The van der Waals surface area contributed by atoms with E-state index in [0.717, 1.165) is 46.4 Å². The molecule has 26 heavy (non-hydrogen) atoms. The van der Waals surface area contributed by atoms with E-state index >= 15 is 0 Å². The largest absolute Gasteiger partial charge is 0.496 e. The van der Waals surface area contributed by atoms with Gasteiger partial charge in [-0.1, -0.05) is 57.0 Å². The van der Waals surface area contributed by atoms with Crippen LogP contribution in [0.2, 0.25) is 0 Å². The first-order valence-electron chi connectivity index (χ1n) is 9.54. The third-order valence-electron chi connectivity index (χ3n) is 5.49. The van der Waals surface area contributed by atoms with Gasteiger partial charge in [-0.15, -0.1) is 0 Å². The number of carbonyl (C=O) groups excluding carboxylic acids is 1. The van der Waals surface area contributed by atoms with E-state index < -0.39 is 0 Å². The van der Waals surface area contributed by atoms with Gasteiger partial charge in [0.25, 0.3) is 0 Å². The quantitative estimate of drug-likeness (QED) is 0.674. The number of rotatable bonds is 3. The SMILES string of the molecule is CCC1Cc2c(cc(C(C)(C)C)c(OC)c2-c2cc(C)cc(C)c2)C1=O. The Kier molecular flexibility index (Phi) is 4.72. The topological polar surface area (TPSA) is 26.3 Å². The summed E-state index contributed by atoms with van der Waals surface area (Å²) in [6.45, 7) is 12.9. The molecule has 2 aromatic rings. The predicted molar refractivity (Wildman–Crippen MR) is 108 cm³/mol. The zero-order valence-electron chi connectivity index (χ0n) is 17.1. The molecule has 2 nitrogen and oxygen atoms in total. The molecule has 0 aliphatic heterocycles. The van der Waals surface area contributed by atoms with Gasteiger partial charge in [0.2, 0.25) is 0 Å². The third kappa shape index (κ3) is 3.06. The molecule has 0 saturated carbocycles. The summed E-state index contributed by atoms with van der Waals surface area (Å²) >= 11 is 0. The Hall–Kier alpha value is -2.09. The summed E-state index contributed by atoms with van der Waals surface area (Å²) in [6, 6.07) is 8.70. The van der Waals surface area contributed by atoms with E-state index in [1.165, 1.54) is 11.1 Å². The molecule has 0 aromatic heterocycles. The molecular formula is C24H30O2. The van der Waals surface area contributed by atoms with E-state index in [1.807, 2.05) is 0 Å². The van der Waals surface area contributed by atoms with Gasteiger partial charge in [0.15, 0.2) is 5.78 Å². The Morgan fingerprint density at radius 3 is 2.19 bits per heavy atom. The van der Waals surface area contributed by atoms with Gasteiger partial charge in [0.05, 0.1) is 7.11 Å². The van der Waals surface area contributed by atoms with Crippen LogP contribution in [-0.2, 0) is 11.8 Å². The second-order valence-corrected chi connectivity index (χ2v) is 8.66. The molecule has 0 saturated heterocycles. The Labute approximate surface area is 157 Å². The normalized spacial score (nSPS) is 16.7. The Bertz CT molecular complexity index is 849. The lowest BCUT2D eigenvalue weighted by Crippen LogP contribution is -2.15. The number of carbonyl (C=O) groups is 1. The number of Topliss-reactive ketones (excluding diaryl/α,β-unsaturated/α-hetero) is 1. The molecule has 1 unspecified atom stereocenters. The van der Waals surface area contributed by atoms with E-state index in [1.54, 1.807) is 7.11 Å². The van der Waals surface area contributed by atoms with Crippen LogP contribution in [0.4, 0.5) is 0 Å². The van der Waals surface area contributed by atoms with Crippen LogP contribution in [0, 0.1) is 19.8 Å². The lowest BCUT2D eigenvalue weighted by molar-refractivity contribution is 0.0934. The summed E-state index contributed by atoms with van der Waals surface area (Å²) in [6.07, 6.45) is 1.70. The second-order valence-electron chi connectivity index (χ2n) is 8.66. The molecule has 2 heteroatoms. The van der Waals surface area contributed by atoms with Crippen molar-refractivity contribution in [1.29, 1.82) is 0 Å². The highest BCUT2D eigenvalue weighted by molar-refractivity contribution is 6.05. The van der Waals surface area contributed by atoms with E-state index in [-0.39, 0.29) is 11.3 Å². The highest BCUT2D eigenvalue weighted by atomic mass is 16.5. The number of fused-ring (bicyclic) bond motifs is 1. The van der Waals surface area contributed by atoms with E-state index in [9.17, 15) is 4.79 Å². The molecule has 0 fully saturated rings. The molecule has 3 rings (SSSR count). The van der Waals surface area contributed by atoms with Gasteiger partial charge < -0.3 is 4.74 Å². The number of benzene rings is 2. The number of ketones is 1. The molecule has 1 aliphatic rings. The van der Waals surface area contributed by atoms with Crippen molar-refractivity contribution >= 4 is 5.78 Å². The van der Waals surface area contributed by atoms with E-state index in [0.29, 0.717) is 5.78 Å². The fourth-order valence-electron chi connectivity index (χ4n) is 4.22. The predicted octanol–water partition coefficient (Wildman–Crippen LogP) is 6.04. The van der Waals surface area contributed by atoms with Crippen molar-refractivity contribution in [3.8, 4) is 16.9 Å². The molecule has 0 heterocycles. The first kappa shape index (κ1) is 18.7. The van der Waals surface area contributed by atoms with Crippen molar-refractivity contribution in [2.24, 2.45) is 5.92 Å². The summed E-state index contributed by atoms with van der Waals surface area (Å²) in [5.41, 5.74) is 7.81. The second kappa shape index (κ2) is 6.57. The van der Waals surface area contributed by atoms with Gasteiger partial charge in [0.1, 0.15) is 5.75 Å². The molecular weight excluding hydrogens is 320 g/mol. The summed E-state index contributed by atoms with van der Waals surface area (Å²) in [4.78, 5) is 13.0. The highest BCUT2D eigenvalue weighted by Gasteiger charge is 2.36. The Morgan fingerprint density at radius 2 is 1.69 bits per heavy atom. The number of aryl methyl sites for hydroxylation is 2. The average molecular weight is 351 g/mol. The molecule has 0 N–H and O–H groups in total. The van der Waals surface area contributed by atoms with Gasteiger partial charge in [0, 0.05) is 22.6 Å². The number of hydrogen-bond acceptors (Lipinski definition) is 2. The van der Waals surface area contributed by atoms with Crippen LogP contribution in [0.1, 0.15) is 66.7 Å². The summed E-state index contributed by atoms with van der Waals surface area (Å²) in [5.74, 6) is 1.31. The maximum absolute atomic E-state index is 13.0. The summed E-state index contributed by atoms with van der Waals surface area (Å²) in [5, 5.41) is 0. The van der Waals surface area contributed by atoms with Crippen molar-refractivity contribution in [2.75, 3.05) is 7.11 Å². The summed E-state index contributed by atoms with van der Waals surface area (Å²) in [7, 11) is 1.75. The Morgan fingerprint density at radius 1 is 1.08 bits per heavy atom. The molecule has 138 valence electrons. The van der Waals surface area contributed by atoms with Crippen molar-refractivity contribution < 1.29 is 9.53 Å². The van der Waals surface area contributed by atoms with Crippen molar-refractivity contribution in [3.63, 3.8) is 0 Å². The minimum atomic E-state index is -0.0986. The third-order valence-corrected chi connectivity index (χ3v) is 5.49. The molecule has 1 aliphatic carbocycles. The van der Waals surface area contributed by atoms with Gasteiger partial charge in [-0.25, -0.2) is 0 Å². The van der Waals surface area contributed by atoms with Crippen LogP contribution in [0.25, 0.3) is 11.1 Å². The molecule has 0 radical (unpaired) electrons. The fraction of sp³-hybridized carbons (Fsp3) is 0.458. The fourth-order valence-corrected chi connectivity index (χ4v) is 4.22. The molecule has 2 aromatic carbocycles. The van der Waals surface area contributed by atoms with Crippen molar-refractivity contribution in [1.82, 2.24) is 0 Å². The molecule has 0 bridgehead atoms. The van der Waals surface area contributed by atoms with E-state index in [4.69, 9.17) is 4.74 Å². The van der Waals surface area contributed by atoms with Crippen LogP contribution < -0.4 is 4.74 Å². The molecule has 1 atom stereocenters. The van der Waals surface area contributed by atoms with Crippen LogP contribution in [0.5, 0.6) is 5.75 Å². The van der Waals surface area contributed by atoms with Gasteiger partial charge in [-0.3, -0.25) is 4.79 Å². The van der Waals surface area contributed by atoms with Crippen molar-refractivity contribution in [2.45, 2.75) is 59.8 Å². The number of hydrogen-bond donors (Lipinski definition) is 0. The smallest absolute Gasteiger partial charge is 0.166 e. The number of methoxy groups -OCH3 is 1. The van der Waals surface area contributed by atoms with Crippen molar-refractivity contribution in [3.05, 3.63) is 52.1 Å². The minimum Gasteiger partial charge on any atom is -0.496 e. The minimum absolute atomic E-state index is 0.0922. The maximum atomic E-state index is 13.0. The van der Waals surface area contributed by atoms with Gasteiger partial charge in [-0.2, -0.15) is 0 Å². The maximum Gasteiger partial charge on any atom is 0.166 e.